The SMILES string of the molecule is CN/C(=C/c1ccco1)C(=O)N1CCC(C)CC1. The van der Waals surface area contributed by atoms with Gasteiger partial charge < -0.3 is 14.6 Å². The number of hydrogen-bond donors (Lipinski definition) is 1. The summed E-state index contributed by atoms with van der Waals surface area (Å²) in [6.07, 6.45) is 5.53. The van der Waals surface area contributed by atoms with Crippen molar-refractivity contribution in [1.82, 2.24) is 10.2 Å². The fourth-order valence-electron chi connectivity index (χ4n) is 2.14. The monoisotopic (exact) mass is 248 g/mol. The minimum absolute atomic E-state index is 0.0563. The first kappa shape index (κ1) is 12.7. The largest absolute Gasteiger partial charge is 0.465 e. The first-order chi connectivity index (χ1) is 8.70. The second kappa shape index (κ2) is 5.76. The molecule has 1 aliphatic heterocycles. The van der Waals surface area contributed by atoms with Gasteiger partial charge >= 0.3 is 0 Å². The molecule has 4 nitrogen and oxygen atoms in total. The van der Waals surface area contributed by atoms with Gasteiger partial charge in [-0.05, 0) is 30.9 Å². The minimum atomic E-state index is 0.0563. The van der Waals surface area contributed by atoms with E-state index in [-0.39, 0.29) is 5.91 Å². The zero-order chi connectivity index (χ0) is 13.0. The number of piperidine rings is 1. The van der Waals surface area contributed by atoms with Crippen LogP contribution in [-0.2, 0) is 4.79 Å². The van der Waals surface area contributed by atoms with Crippen molar-refractivity contribution in [3.63, 3.8) is 0 Å². The predicted molar refractivity (Wildman–Crippen MR) is 70.7 cm³/mol. The summed E-state index contributed by atoms with van der Waals surface area (Å²) in [7, 11) is 1.76. The first-order valence-corrected chi connectivity index (χ1v) is 6.43. The Morgan fingerprint density at radius 2 is 2.22 bits per heavy atom. The highest BCUT2D eigenvalue weighted by Gasteiger charge is 2.22. The first-order valence-electron chi connectivity index (χ1n) is 6.43. The van der Waals surface area contributed by atoms with Crippen LogP contribution in [0.3, 0.4) is 0 Å². The van der Waals surface area contributed by atoms with E-state index in [0.717, 1.165) is 31.8 Å². The van der Waals surface area contributed by atoms with E-state index < -0.39 is 0 Å². The average molecular weight is 248 g/mol. The zero-order valence-corrected chi connectivity index (χ0v) is 11.0. The molecule has 0 spiro atoms. The normalized spacial score (nSPS) is 17.9. The average Bonchev–Trinajstić information content (AvgIpc) is 2.89. The van der Waals surface area contributed by atoms with Crippen molar-refractivity contribution in [2.24, 2.45) is 5.92 Å². The molecule has 4 heteroatoms. The van der Waals surface area contributed by atoms with Crippen LogP contribution in [0.5, 0.6) is 0 Å². The fraction of sp³-hybridized carbons (Fsp3) is 0.500. The standard InChI is InChI=1S/C14H20N2O2/c1-11-5-7-16(8-6-11)14(17)13(15-2)10-12-4-3-9-18-12/h3-4,9-11,15H,5-8H2,1-2H3/b13-10+. The maximum atomic E-state index is 12.3. The van der Waals surface area contributed by atoms with Gasteiger partial charge in [-0.3, -0.25) is 4.79 Å². The second-order valence-electron chi connectivity index (χ2n) is 4.80. The summed E-state index contributed by atoms with van der Waals surface area (Å²) in [5, 5.41) is 2.96. The van der Waals surface area contributed by atoms with Gasteiger partial charge in [0, 0.05) is 26.2 Å². The van der Waals surface area contributed by atoms with E-state index in [1.807, 2.05) is 17.0 Å². The van der Waals surface area contributed by atoms with Crippen molar-refractivity contribution in [3.05, 3.63) is 29.9 Å². The number of nitrogens with one attached hydrogen (secondary N) is 1. The Bertz CT molecular complexity index is 415. The van der Waals surface area contributed by atoms with Gasteiger partial charge in [0.1, 0.15) is 11.5 Å². The van der Waals surface area contributed by atoms with E-state index in [2.05, 4.69) is 12.2 Å². The van der Waals surface area contributed by atoms with E-state index in [1.54, 1.807) is 19.4 Å². The van der Waals surface area contributed by atoms with Crippen LogP contribution in [-0.4, -0.2) is 30.9 Å². The van der Waals surface area contributed by atoms with Gasteiger partial charge in [-0.2, -0.15) is 0 Å². The van der Waals surface area contributed by atoms with E-state index in [4.69, 9.17) is 4.42 Å². The van der Waals surface area contributed by atoms with Gasteiger partial charge in [-0.15, -0.1) is 0 Å². The minimum Gasteiger partial charge on any atom is -0.465 e. The Labute approximate surface area is 108 Å². The van der Waals surface area contributed by atoms with Crippen molar-refractivity contribution in [2.75, 3.05) is 20.1 Å². The zero-order valence-electron chi connectivity index (χ0n) is 11.0. The molecule has 0 atom stereocenters. The quantitative estimate of drug-likeness (QED) is 0.833. The van der Waals surface area contributed by atoms with Crippen LogP contribution < -0.4 is 5.32 Å². The maximum Gasteiger partial charge on any atom is 0.270 e. The molecule has 0 aliphatic carbocycles. The highest BCUT2D eigenvalue weighted by molar-refractivity contribution is 5.96. The third-order valence-corrected chi connectivity index (χ3v) is 3.40. The van der Waals surface area contributed by atoms with E-state index in [9.17, 15) is 4.79 Å². The van der Waals surface area contributed by atoms with Gasteiger partial charge in [-0.1, -0.05) is 6.92 Å². The number of rotatable bonds is 3. The van der Waals surface area contributed by atoms with Crippen LogP contribution in [0.15, 0.2) is 28.5 Å². The summed E-state index contributed by atoms with van der Waals surface area (Å²) in [6, 6.07) is 3.65. The molecule has 0 bridgehead atoms. The van der Waals surface area contributed by atoms with Gasteiger partial charge in [0.25, 0.3) is 5.91 Å². The topological polar surface area (TPSA) is 45.5 Å². The van der Waals surface area contributed by atoms with Gasteiger partial charge in [0.2, 0.25) is 0 Å². The number of carbonyl (C=O) groups is 1. The van der Waals surface area contributed by atoms with E-state index in [1.165, 1.54) is 0 Å². The molecule has 1 N–H and O–H groups in total. The lowest BCUT2D eigenvalue weighted by molar-refractivity contribution is -0.128. The Morgan fingerprint density at radius 3 is 2.78 bits per heavy atom. The Morgan fingerprint density at radius 1 is 1.50 bits per heavy atom. The predicted octanol–water partition coefficient (Wildman–Crippen LogP) is 2.10. The lowest BCUT2D eigenvalue weighted by atomic mass is 9.99. The molecule has 0 aromatic carbocycles. The summed E-state index contributed by atoms with van der Waals surface area (Å²) in [6.45, 7) is 3.92. The van der Waals surface area contributed by atoms with Crippen LogP contribution in [0.4, 0.5) is 0 Å². The number of amides is 1. The van der Waals surface area contributed by atoms with Gasteiger partial charge in [-0.25, -0.2) is 0 Å². The molecule has 1 saturated heterocycles. The van der Waals surface area contributed by atoms with Crippen LogP contribution >= 0.6 is 0 Å². The molecule has 18 heavy (non-hydrogen) atoms. The summed E-state index contributed by atoms with van der Waals surface area (Å²) in [4.78, 5) is 14.2. The molecule has 2 heterocycles. The van der Waals surface area contributed by atoms with Crippen molar-refractivity contribution in [3.8, 4) is 0 Å². The van der Waals surface area contributed by atoms with Crippen molar-refractivity contribution in [2.45, 2.75) is 19.8 Å². The Hall–Kier alpha value is -1.71. The number of likely N-dealkylation sites (tertiary alicyclic amines) is 1. The number of likely N-dealkylation sites (N-methyl/N-ethyl adjacent to an activating group) is 1. The van der Waals surface area contributed by atoms with Crippen LogP contribution in [0.2, 0.25) is 0 Å². The van der Waals surface area contributed by atoms with Crippen LogP contribution in [0, 0.1) is 5.92 Å². The lowest BCUT2D eigenvalue weighted by Crippen LogP contribution is -2.40. The molecule has 2 rings (SSSR count). The number of nitrogens with zero attached hydrogens (tertiary/aromatic N) is 1. The second-order valence-corrected chi connectivity index (χ2v) is 4.80. The van der Waals surface area contributed by atoms with Crippen molar-refractivity contribution >= 4 is 12.0 Å². The Kier molecular flexibility index (Phi) is 4.07. The summed E-state index contributed by atoms with van der Waals surface area (Å²) >= 11 is 0. The highest BCUT2D eigenvalue weighted by atomic mass is 16.3. The van der Waals surface area contributed by atoms with Crippen molar-refractivity contribution < 1.29 is 9.21 Å². The molecule has 0 unspecified atom stereocenters. The molecule has 1 aromatic heterocycles. The Balaban J connectivity index is 2.06. The molecule has 0 saturated carbocycles. The molecule has 1 amide bonds. The summed E-state index contributed by atoms with van der Waals surface area (Å²) in [5.74, 6) is 1.47. The third kappa shape index (κ3) is 2.94. The van der Waals surface area contributed by atoms with Crippen LogP contribution in [0.25, 0.3) is 6.08 Å². The molecule has 1 fully saturated rings. The van der Waals surface area contributed by atoms with Gasteiger partial charge in [0.05, 0.1) is 6.26 Å². The molecule has 1 aromatic rings. The molecular weight excluding hydrogens is 228 g/mol. The van der Waals surface area contributed by atoms with E-state index >= 15 is 0 Å². The molecular formula is C14H20N2O2. The summed E-state index contributed by atoms with van der Waals surface area (Å²) in [5.41, 5.74) is 0.583. The number of carbonyl (C=O) groups excluding carboxylic acids is 1. The smallest absolute Gasteiger partial charge is 0.270 e. The maximum absolute atomic E-state index is 12.3. The fourth-order valence-corrected chi connectivity index (χ4v) is 2.14. The lowest BCUT2D eigenvalue weighted by Gasteiger charge is -2.30. The van der Waals surface area contributed by atoms with Crippen LogP contribution in [0.1, 0.15) is 25.5 Å². The molecule has 0 radical (unpaired) electrons. The van der Waals surface area contributed by atoms with Crippen molar-refractivity contribution in [1.29, 1.82) is 0 Å². The van der Waals surface area contributed by atoms with E-state index in [0.29, 0.717) is 11.5 Å². The van der Waals surface area contributed by atoms with Gasteiger partial charge in [0.15, 0.2) is 0 Å². The number of hydrogen-bond acceptors (Lipinski definition) is 3. The molecule has 98 valence electrons. The number of furan rings is 1. The molecule has 1 aliphatic rings. The summed E-state index contributed by atoms with van der Waals surface area (Å²) < 4.78 is 5.23. The highest BCUT2D eigenvalue weighted by Crippen LogP contribution is 2.18. The third-order valence-electron chi connectivity index (χ3n) is 3.40.